The molecule has 0 heterocycles. The van der Waals surface area contributed by atoms with E-state index in [4.69, 9.17) is 22.6 Å². The predicted octanol–water partition coefficient (Wildman–Crippen LogP) is 1.56. The van der Waals surface area contributed by atoms with E-state index in [9.17, 15) is 4.79 Å². The van der Waals surface area contributed by atoms with Gasteiger partial charge in [0, 0.05) is 6.42 Å². The van der Waals surface area contributed by atoms with Crippen LogP contribution >= 0.6 is 0 Å². The van der Waals surface area contributed by atoms with Crippen LogP contribution in [0.15, 0.2) is 0 Å². The van der Waals surface area contributed by atoms with Crippen molar-refractivity contribution >= 4 is 16.4 Å². The van der Waals surface area contributed by atoms with Crippen LogP contribution in [0, 0.1) is 0 Å². The first-order chi connectivity index (χ1) is 10.8. The van der Waals surface area contributed by atoms with E-state index >= 15 is 0 Å². The quantitative estimate of drug-likeness (QED) is 0.206. The van der Waals surface area contributed by atoms with Gasteiger partial charge in [0.25, 0.3) is 0 Å². The molecule has 0 atom stereocenters. The minimum Gasteiger partial charge on any atom is -0.726 e. The van der Waals surface area contributed by atoms with E-state index in [0.29, 0.717) is 6.42 Å². The molecule has 0 fully saturated rings. The van der Waals surface area contributed by atoms with E-state index in [1.807, 2.05) is 0 Å². The van der Waals surface area contributed by atoms with Crippen molar-refractivity contribution < 1.29 is 57.0 Å². The van der Waals surface area contributed by atoms with E-state index < -0.39 is 16.4 Å². The molecule has 0 unspecified atom stereocenters. The van der Waals surface area contributed by atoms with Crippen molar-refractivity contribution in [3.63, 3.8) is 0 Å². The number of aliphatic carboxylic acids is 1. The molecule has 0 rings (SSSR count). The third-order valence-corrected chi connectivity index (χ3v) is 3.49. The smallest absolute Gasteiger partial charge is 0.726 e. The Morgan fingerprint density at radius 1 is 0.792 bits per heavy atom. The molecule has 0 aliphatic heterocycles. The first kappa shape index (κ1) is 29.1. The minimum atomic E-state index is -4.92. The van der Waals surface area contributed by atoms with Crippen molar-refractivity contribution in [1.29, 1.82) is 0 Å². The maximum absolute atomic E-state index is 10.3. The SMILES string of the molecule is CCCCCCCCCCCCCCCC(=O)O.O=S(=O)([O-])O.[Na+]. The number of carboxylic acid groups (broad SMARTS) is 1. The number of rotatable bonds is 14. The normalized spacial score (nSPS) is 10.5. The Morgan fingerprint density at radius 2 is 1.04 bits per heavy atom. The second-order valence-electron chi connectivity index (χ2n) is 5.81. The molecule has 0 saturated heterocycles. The van der Waals surface area contributed by atoms with Gasteiger partial charge in [0.1, 0.15) is 0 Å². The van der Waals surface area contributed by atoms with E-state index in [1.54, 1.807) is 0 Å². The zero-order valence-corrected chi connectivity index (χ0v) is 18.2. The van der Waals surface area contributed by atoms with E-state index in [0.717, 1.165) is 12.8 Å². The zero-order chi connectivity index (χ0) is 18.0. The average molecular weight is 376 g/mol. The molecule has 0 spiro atoms. The van der Waals surface area contributed by atoms with Gasteiger partial charge in [-0.1, -0.05) is 84.0 Å². The van der Waals surface area contributed by atoms with Crippen LogP contribution in [0.2, 0.25) is 0 Å². The number of carboxylic acids is 1. The summed E-state index contributed by atoms with van der Waals surface area (Å²) in [6, 6.07) is 0. The second-order valence-corrected chi connectivity index (χ2v) is 6.67. The predicted molar refractivity (Wildman–Crippen MR) is 90.3 cm³/mol. The van der Waals surface area contributed by atoms with Gasteiger partial charge in [-0.15, -0.1) is 0 Å². The van der Waals surface area contributed by atoms with Crippen LogP contribution in [0.5, 0.6) is 0 Å². The number of carbonyl (C=O) groups is 1. The number of unbranched alkanes of at least 4 members (excludes halogenated alkanes) is 12. The first-order valence-corrected chi connectivity index (χ1v) is 10.0. The van der Waals surface area contributed by atoms with Crippen molar-refractivity contribution in [3.05, 3.63) is 0 Å². The largest absolute Gasteiger partial charge is 1.00 e. The average Bonchev–Trinajstić information content (AvgIpc) is 2.42. The van der Waals surface area contributed by atoms with E-state index in [-0.39, 0.29) is 29.6 Å². The Balaban J connectivity index is -0.000000639. The molecular formula is C16H33NaO6S. The maximum atomic E-state index is 10.3. The third kappa shape index (κ3) is 43.2. The number of hydrogen-bond acceptors (Lipinski definition) is 4. The molecule has 0 bridgehead atoms. The van der Waals surface area contributed by atoms with E-state index in [2.05, 4.69) is 6.92 Å². The van der Waals surface area contributed by atoms with Gasteiger partial charge in [-0.3, -0.25) is 9.35 Å². The summed E-state index contributed by atoms with van der Waals surface area (Å²) in [5.74, 6) is -0.655. The van der Waals surface area contributed by atoms with Crippen LogP contribution in [0.1, 0.15) is 96.8 Å². The standard InChI is InChI=1S/C16H32O2.Na.H2O4S/c1-2-3-4-5-6-7-8-9-10-11-12-13-14-15-16(17)18;;1-5(2,3)4/h2-15H2,1H3,(H,17,18);;(H2,1,2,3,4)/q;+1;/p-1. The van der Waals surface area contributed by atoms with Gasteiger partial charge >= 0.3 is 35.5 Å². The Bertz CT molecular complexity index is 352. The van der Waals surface area contributed by atoms with Gasteiger partial charge < -0.3 is 9.66 Å². The molecule has 0 aromatic heterocycles. The van der Waals surface area contributed by atoms with Crippen LogP contribution < -0.4 is 29.6 Å². The van der Waals surface area contributed by atoms with Gasteiger partial charge in [-0.2, -0.15) is 0 Å². The van der Waals surface area contributed by atoms with Crippen molar-refractivity contribution in [2.24, 2.45) is 0 Å². The summed E-state index contributed by atoms with van der Waals surface area (Å²) in [6.45, 7) is 2.26. The third-order valence-electron chi connectivity index (χ3n) is 3.49. The zero-order valence-electron chi connectivity index (χ0n) is 15.3. The monoisotopic (exact) mass is 376 g/mol. The fourth-order valence-corrected chi connectivity index (χ4v) is 2.29. The number of hydrogen-bond donors (Lipinski definition) is 2. The van der Waals surface area contributed by atoms with Crippen molar-refractivity contribution in [1.82, 2.24) is 0 Å². The Labute approximate surface area is 169 Å². The molecular weight excluding hydrogens is 343 g/mol. The van der Waals surface area contributed by atoms with Crippen molar-refractivity contribution in [3.8, 4) is 0 Å². The summed E-state index contributed by atoms with van der Waals surface area (Å²) < 4.78 is 32.8. The molecule has 0 aromatic rings. The van der Waals surface area contributed by atoms with Crippen molar-refractivity contribution in [2.75, 3.05) is 0 Å². The molecule has 24 heavy (non-hydrogen) atoms. The van der Waals surface area contributed by atoms with Gasteiger partial charge in [-0.25, -0.2) is 8.42 Å². The van der Waals surface area contributed by atoms with Crippen LogP contribution in [0.4, 0.5) is 0 Å². The van der Waals surface area contributed by atoms with Crippen LogP contribution in [0.25, 0.3) is 0 Å². The summed E-state index contributed by atoms with van der Waals surface area (Å²) in [5.41, 5.74) is 0. The molecule has 8 heteroatoms. The molecule has 0 radical (unpaired) electrons. The molecule has 0 saturated carbocycles. The molecule has 140 valence electrons. The Hall–Kier alpha value is 0.340. The Morgan fingerprint density at radius 3 is 1.29 bits per heavy atom. The summed E-state index contributed by atoms with van der Waals surface area (Å²) in [4.78, 5) is 10.3. The van der Waals surface area contributed by atoms with Crippen LogP contribution in [-0.2, 0) is 15.2 Å². The molecule has 0 amide bonds. The molecule has 2 N–H and O–H groups in total. The summed E-state index contributed by atoms with van der Waals surface area (Å²) >= 11 is 0. The van der Waals surface area contributed by atoms with Crippen molar-refractivity contribution in [2.45, 2.75) is 96.8 Å². The fourth-order valence-electron chi connectivity index (χ4n) is 2.29. The van der Waals surface area contributed by atoms with E-state index in [1.165, 1.54) is 70.6 Å². The van der Waals surface area contributed by atoms with Gasteiger partial charge in [0.15, 0.2) is 0 Å². The molecule has 0 aliphatic carbocycles. The second kappa shape index (κ2) is 21.4. The topological polar surface area (TPSA) is 115 Å². The van der Waals surface area contributed by atoms with Crippen LogP contribution in [-0.4, -0.2) is 28.6 Å². The minimum absolute atomic E-state index is 0. The van der Waals surface area contributed by atoms with Crippen LogP contribution in [0.3, 0.4) is 0 Å². The molecule has 0 aliphatic rings. The fraction of sp³-hybridized carbons (Fsp3) is 0.938. The van der Waals surface area contributed by atoms with Gasteiger partial charge in [0.2, 0.25) is 10.4 Å². The van der Waals surface area contributed by atoms with Gasteiger partial charge in [-0.05, 0) is 6.42 Å². The summed E-state index contributed by atoms with van der Waals surface area (Å²) in [5, 5.41) is 8.49. The first-order valence-electron chi connectivity index (χ1n) is 8.67. The maximum Gasteiger partial charge on any atom is 1.00 e. The summed E-state index contributed by atoms with van der Waals surface area (Å²) in [7, 11) is -4.92. The van der Waals surface area contributed by atoms with Gasteiger partial charge in [0.05, 0.1) is 0 Å². The molecule has 6 nitrogen and oxygen atoms in total. The summed E-state index contributed by atoms with van der Waals surface area (Å²) in [6.07, 6.45) is 17.3. The Kier molecular flexibility index (Phi) is 25.9. The molecule has 0 aromatic carbocycles.